The fourth-order valence-corrected chi connectivity index (χ4v) is 2.51. The molecule has 3 heteroatoms. The van der Waals surface area contributed by atoms with E-state index in [0.29, 0.717) is 0 Å². The summed E-state index contributed by atoms with van der Waals surface area (Å²) in [6, 6.07) is 16.5. The Morgan fingerprint density at radius 3 is 2.56 bits per heavy atom. The van der Waals surface area contributed by atoms with Crippen LogP contribution < -0.4 is 5.73 Å². The average molecular weight is 301 g/mol. The number of benzene rings is 2. The second-order valence-electron chi connectivity index (χ2n) is 4.39. The molecule has 0 saturated carbocycles. The summed E-state index contributed by atoms with van der Waals surface area (Å²) in [5.74, 6) is 0. The van der Waals surface area contributed by atoms with E-state index in [1.807, 2.05) is 12.1 Å². The quantitative estimate of drug-likeness (QED) is 0.712. The number of hydrogen-bond donors (Lipinski definition) is 1. The Morgan fingerprint density at radius 2 is 1.78 bits per heavy atom. The van der Waals surface area contributed by atoms with E-state index in [4.69, 9.17) is 5.73 Å². The molecule has 0 bridgehead atoms. The normalized spacial score (nSPS) is 10.9. The molecule has 18 heavy (non-hydrogen) atoms. The largest absolute Gasteiger partial charge is 0.399 e. The van der Waals surface area contributed by atoms with Crippen LogP contribution in [-0.4, -0.2) is 4.57 Å². The zero-order valence-corrected chi connectivity index (χ0v) is 11.4. The summed E-state index contributed by atoms with van der Waals surface area (Å²) in [7, 11) is 0. The summed E-state index contributed by atoms with van der Waals surface area (Å²) < 4.78 is 3.35. The highest BCUT2D eigenvalue weighted by molar-refractivity contribution is 9.10. The van der Waals surface area contributed by atoms with E-state index in [1.54, 1.807) is 0 Å². The topological polar surface area (TPSA) is 30.9 Å². The molecule has 1 aromatic heterocycles. The number of nitrogens with two attached hydrogens (primary N) is 1. The molecule has 0 spiro atoms. The van der Waals surface area contributed by atoms with Crippen LogP contribution in [0, 0.1) is 0 Å². The molecule has 0 aliphatic carbocycles. The molecule has 90 valence electrons. The lowest BCUT2D eigenvalue weighted by Gasteiger charge is -2.06. The van der Waals surface area contributed by atoms with E-state index >= 15 is 0 Å². The van der Waals surface area contributed by atoms with Crippen molar-refractivity contribution in [2.75, 3.05) is 5.73 Å². The minimum atomic E-state index is 0.806. The van der Waals surface area contributed by atoms with Gasteiger partial charge >= 0.3 is 0 Å². The molecule has 0 fully saturated rings. The molecule has 2 nitrogen and oxygen atoms in total. The number of aromatic nitrogens is 1. The summed E-state index contributed by atoms with van der Waals surface area (Å²) in [6.45, 7) is 0.866. The van der Waals surface area contributed by atoms with Gasteiger partial charge in [0.1, 0.15) is 0 Å². The van der Waals surface area contributed by atoms with Crippen LogP contribution in [0.2, 0.25) is 0 Å². The highest BCUT2D eigenvalue weighted by Gasteiger charge is 2.02. The van der Waals surface area contributed by atoms with Crippen LogP contribution in [0.15, 0.2) is 59.2 Å². The van der Waals surface area contributed by atoms with Crippen molar-refractivity contribution < 1.29 is 0 Å². The van der Waals surface area contributed by atoms with Crippen molar-refractivity contribution >= 4 is 32.5 Å². The minimum absolute atomic E-state index is 0.806. The standard InChI is InChI=1S/C15H13BrN2/c16-13-3-6-15-12(9-13)7-8-18(15)10-11-1-4-14(17)5-2-11/h1-9H,10,17H2. The van der Waals surface area contributed by atoms with Gasteiger partial charge in [-0.15, -0.1) is 0 Å². The molecule has 0 radical (unpaired) electrons. The van der Waals surface area contributed by atoms with Crippen molar-refractivity contribution in [1.82, 2.24) is 4.57 Å². The van der Waals surface area contributed by atoms with E-state index in [0.717, 1.165) is 16.7 Å². The first-order valence-corrected chi connectivity index (χ1v) is 6.60. The van der Waals surface area contributed by atoms with Crippen LogP contribution in [0.1, 0.15) is 5.56 Å². The highest BCUT2D eigenvalue weighted by atomic mass is 79.9. The molecule has 2 aromatic carbocycles. The molecule has 0 saturated heterocycles. The SMILES string of the molecule is Nc1ccc(Cn2ccc3cc(Br)ccc32)cc1. The Morgan fingerprint density at radius 1 is 1.00 bits per heavy atom. The van der Waals surface area contributed by atoms with Gasteiger partial charge in [0.25, 0.3) is 0 Å². The van der Waals surface area contributed by atoms with Gasteiger partial charge in [-0.2, -0.15) is 0 Å². The summed E-state index contributed by atoms with van der Waals surface area (Å²) in [6.07, 6.45) is 2.12. The maximum Gasteiger partial charge on any atom is 0.0484 e. The van der Waals surface area contributed by atoms with Crippen molar-refractivity contribution in [2.45, 2.75) is 6.54 Å². The summed E-state index contributed by atoms with van der Waals surface area (Å²) in [4.78, 5) is 0. The Labute approximate surface area is 114 Å². The first-order valence-electron chi connectivity index (χ1n) is 5.81. The van der Waals surface area contributed by atoms with E-state index < -0.39 is 0 Å². The van der Waals surface area contributed by atoms with Gasteiger partial charge in [0.05, 0.1) is 0 Å². The Hall–Kier alpha value is -1.74. The van der Waals surface area contributed by atoms with Gasteiger partial charge in [-0.1, -0.05) is 28.1 Å². The van der Waals surface area contributed by atoms with Gasteiger partial charge in [-0.3, -0.25) is 0 Å². The van der Waals surface area contributed by atoms with Gasteiger partial charge in [-0.25, -0.2) is 0 Å². The molecule has 3 rings (SSSR count). The van der Waals surface area contributed by atoms with Crippen molar-refractivity contribution in [1.29, 1.82) is 0 Å². The van der Waals surface area contributed by atoms with Crippen LogP contribution >= 0.6 is 15.9 Å². The van der Waals surface area contributed by atoms with Gasteiger partial charge in [0.2, 0.25) is 0 Å². The molecular weight excluding hydrogens is 288 g/mol. The van der Waals surface area contributed by atoms with Gasteiger partial charge in [0, 0.05) is 33.8 Å². The van der Waals surface area contributed by atoms with E-state index in [2.05, 4.69) is 63.1 Å². The predicted octanol–water partition coefficient (Wildman–Crippen LogP) is 4.03. The van der Waals surface area contributed by atoms with E-state index in [9.17, 15) is 0 Å². The van der Waals surface area contributed by atoms with Crippen LogP contribution in [0.4, 0.5) is 5.69 Å². The average Bonchev–Trinajstić information content (AvgIpc) is 2.74. The molecule has 0 aliphatic heterocycles. The predicted molar refractivity (Wildman–Crippen MR) is 79.6 cm³/mol. The smallest absolute Gasteiger partial charge is 0.0484 e. The number of fused-ring (bicyclic) bond motifs is 1. The van der Waals surface area contributed by atoms with Crippen molar-refractivity contribution in [3.8, 4) is 0 Å². The molecule has 1 heterocycles. The lowest BCUT2D eigenvalue weighted by atomic mass is 10.2. The van der Waals surface area contributed by atoms with E-state index in [-0.39, 0.29) is 0 Å². The zero-order valence-electron chi connectivity index (χ0n) is 9.81. The van der Waals surface area contributed by atoms with Crippen LogP contribution in [0.5, 0.6) is 0 Å². The Balaban J connectivity index is 1.97. The molecule has 0 unspecified atom stereocenters. The number of nitrogens with zero attached hydrogens (tertiary/aromatic N) is 1. The fraction of sp³-hybridized carbons (Fsp3) is 0.0667. The minimum Gasteiger partial charge on any atom is -0.399 e. The van der Waals surface area contributed by atoms with Gasteiger partial charge in [0.15, 0.2) is 0 Å². The van der Waals surface area contributed by atoms with Crippen LogP contribution in [-0.2, 0) is 6.54 Å². The zero-order chi connectivity index (χ0) is 12.5. The molecule has 2 N–H and O–H groups in total. The second-order valence-corrected chi connectivity index (χ2v) is 5.30. The number of nitrogen functional groups attached to an aromatic ring is 1. The molecule has 0 atom stereocenters. The summed E-state index contributed by atoms with van der Waals surface area (Å²) in [5, 5.41) is 1.25. The third kappa shape index (κ3) is 2.14. The maximum absolute atomic E-state index is 5.70. The van der Waals surface area contributed by atoms with Gasteiger partial charge < -0.3 is 10.3 Å². The van der Waals surface area contributed by atoms with Crippen molar-refractivity contribution in [3.05, 3.63) is 64.8 Å². The third-order valence-electron chi connectivity index (χ3n) is 3.07. The van der Waals surface area contributed by atoms with Gasteiger partial charge in [-0.05, 0) is 42.0 Å². The van der Waals surface area contributed by atoms with Crippen molar-refractivity contribution in [2.24, 2.45) is 0 Å². The lowest BCUT2D eigenvalue weighted by molar-refractivity contribution is 0.837. The summed E-state index contributed by atoms with van der Waals surface area (Å²) in [5.41, 5.74) is 9.00. The van der Waals surface area contributed by atoms with E-state index in [1.165, 1.54) is 16.5 Å². The number of anilines is 1. The first kappa shape index (κ1) is 11.4. The van der Waals surface area contributed by atoms with Crippen molar-refractivity contribution in [3.63, 3.8) is 0 Å². The van der Waals surface area contributed by atoms with Crippen LogP contribution in [0.25, 0.3) is 10.9 Å². The molecular formula is C15H13BrN2. The first-order chi connectivity index (χ1) is 8.72. The van der Waals surface area contributed by atoms with Crippen LogP contribution in [0.3, 0.4) is 0 Å². The number of hydrogen-bond acceptors (Lipinski definition) is 1. The number of halogens is 1. The highest BCUT2D eigenvalue weighted by Crippen LogP contribution is 2.21. The molecule has 0 amide bonds. The second kappa shape index (κ2) is 4.50. The Kier molecular flexibility index (Phi) is 2.84. The molecule has 3 aromatic rings. The lowest BCUT2D eigenvalue weighted by Crippen LogP contribution is -1.97. The maximum atomic E-state index is 5.70. The third-order valence-corrected chi connectivity index (χ3v) is 3.56. The number of rotatable bonds is 2. The Bertz CT molecular complexity index is 683. The summed E-state index contributed by atoms with van der Waals surface area (Å²) >= 11 is 3.49. The monoisotopic (exact) mass is 300 g/mol. The fourth-order valence-electron chi connectivity index (χ4n) is 2.13. The molecule has 0 aliphatic rings.